The van der Waals surface area contributed by atoms with Gasteiger partial charge in [-0.3, -0.25) is 4.79 Å². The Hall–Kier alpha value is -0.650. The molecule has 0 heterocycles. The molecule has 4 aliphatic carbocycles. The zero-order chi connectivity index (χ0) is 22.6. The van der Waals surface area contributed by atoms with Gasteiger partial charge in [0, 0.05) is 6.42 Å². The summed E-state index contributed by atoms with van der Waals surface area (Å²) in [4.78, 5) is 11.9. The standard InChI is InChI=1S/C26H44O5/c1-5-31-23(30)9-6-15(2)18-7-8-19-24-20(14-22(29)26(18,19)4)25(3)11-10-17(27)12-16(25)13-21(24)28/h15-22,24,27-29H,5-14H2,1-4H3/t15-,16-,17+,18-,19+,20-,21+,22-,24+,25-,26+/m0/s1. The molecule has 4 rings (SSSR count). The number of ether oxygens (including phenoxy) is 1. The van der Waals surface area contributed by atoms with Crippen molar-refractivity contribution in [2.45, 2.75) is 104 Å². The molecule has 0 amide bonds. The van der Waals surface area contributed by atoms with Crippen LogP contribution in [0.25, 0.3) is 0 Å². The summed E-state index contributed by atoms with van der Waals surface area (Å²) in [5, 5.41) is 33.1. The lowest BCUT2D eigenvalue weighted by molar-refractivity contribution is -0.207. The normalized spacial score (nSPS) is 50.2. The highest BCUT2D eigenvalue weighted by molar-refractivity contribution is 5.69. The summed E-state index contributed by atoms with van der Waals surface area (Å²) in [5.41, 5.74) is -0.0906. The van der Waals surface area contributed by atoms with Crippen molar-refractivity contribution in [1.29, 1.82) is 0 Å². The third kappa shape index (κ3) is 3.77. The summed E-state index contributed by atoms with van der Waals surface area (Å²) < 4.78 is 5.12. The summed E-state index contributed by atoms with van der Waals surface area (Å²) >= 11 is 0. The fraction of sp³-hybridized carbons (Fsp3) is 0.962. The number of hydrogen-bond donors (Lipinski definition) is 3. The minimum atomic E-state index is -0.370. The number of fused-ring (bicyclic) bond motifs is 5. The molecule has 31 heavy (non-hydrogen) atoms. The Kier molecular flexibility index (Phi) is 6.53. The Morgan fingerprint density at radius 3 is 2.52 bits per heavy atom. The van der Waals surface area contributed by atoms with Gasteiger partial charge in [-0.05, 0) is 105 Å². The van der Waals surface area contributed by atoms with Crippen molar-refractivity contribution in [3.8, 4) is 0 Å². The van der Waals surface area contributed by atoms with Gasteiger partial charge >= 0.3 is 5.97 Å². The maximum Gasteiger partial charge on any atom is 0.305 e. The lowest BCUT2D eigenvalue weighted by Crippen LogP contribution is -2.62. The summed E-state index contributed by atoms with van der Waals surface area (Å²) in [7, 11) is 0. The van der Waals surface area contributed by atoms with Crippen LogP contribution in [0.5, 0.6) is 0 Å². The second-order valence-electron chi connectivity index (χ2n) is 11.8. The number of carbonyl (C=O) groups is 1. The number of aliphatic hydroxyl groups is 3. The fourth-order valence-electron chi connectivity index (χ4n) is 8.91. The van der Waals surface area contributed by atoms with Gasteiger partial charge in [-0.15, -0.1) is 0 Å². The highest BCUT2D eigenvalue weighted by Gasteiger charge is 2.65. The Morgan fingerprint density at radius 1 is 1.06 bits per heavy atom. The highest BCUT2D eigenvalue weighted by atomic mass is 16.5. The molecule has 5 heteroatoms. The molecule has 0 aromatic rings. The number of hydrogen-bond acceptors (Lipinski definition) is 5. The van der Waals surface area contributed by atoms with Crippen LogP contribution in [0.1, 0.15) is 85.5 Å². The van der Waals surface area contributed by atoms with Crippen LogP contribution in [-0.2, 0) is 9.53 Å². The van der Waals surface area contributed by atoms with Crippen molar-refractivity contribution in [3.63, 3.8) is 0 Å². The lowest BCUT2D eigenvalue weighted by Gasteiger charge is -2.63. The molecule has 0 saturated heterocycles. The summed E-state index contributed by atoms with van der Waals surface area (Å²) in [5.74, 6) is 1.84. The first-order valence-corrected chi connectivity index (χ1v) is 12.8. The van der Waals surface area contributed by atoms with Crippen LogP contribution in [0, 0.1) is 46.3 Å². The van der Waals surface area contributed by atoms with E-state index in [4.69, 9.17) is 4.74 Å². The smallest absolute Gasteiger partial charge is 0.305 e. The Bertz CT molecular complexity index is 666. The number of carbonyl (C=O) groups excluding carboxylic acids is 1. The van der Waals surface area contributed by atoms with E-state index in [0.717, 1.165) is 51.4 Å². The average Bonchev–Trinajstić information content (AvgIpc) is 3.07. The monoisotopic (exact) mass is 436 g/mol. The van der Waals surface area contributed by atoms with Crippen LogP contribution in [0.3, 0.4) is 0 Å². The van der Waals surface area contributed by atoms with Gasteiger partial charge in [-0.25, -0.2) is 0 Å². The molecular weight excluding hydrogens is 392 g/mol. The quantitative estimate of drug-likeness (QED) is 0.569. The van der Waals surface area contributed by atoms with Crippen LogP contribution < -0.4 is 0 Å². The Labute approximate surface area is 187 Å². The predicted octanol–water partition coefficient (Wildman–Crippen LogP) is 3.93. The Morgan fingerprint density at radius 2 is 1.81 bits per heavy atom. The maximum absolute atomic E-state index is 11.9. The van der Waals surface area contributed by atoms with Gasteiger partial charge in [-0.2, -0.15) is 0 Å². The van der Waals surface area contributed by atoms with Crippen molar-refractivity contribution in [1.82, 2.24) is 0 Å². The minimum Gasteiger partial charge on any atom is -0.466 e. The Balaban J connectivity index is 1.54. The average molecular weight is 437 g/mol. The molecule has 0 aromatic heterocycles. The second-order valence-corrected chi connectivity index (χ2v) is 11.8. The van der Waals surface area contributed by atoms with E-state index in [9.17, 15) is 20.1 Å². The third-order valence-corrected chi connectivity index (χ3v) is 10.6. The van der Waals surface area contributed by atoms with Crippen molar-refractivity contribution in [3.05, 3.63) is 0 Å². The van der Waals surface area contributed by atoms with E-state index in [0.29, 0.717) is 42.6 Å². The van der Waals surface area contributed by atoms with Crippen LogP contribution in [-0.4, -0.2) is 46.2 Å². The first-order valence-electron chi connectivity index (χ1n) is 12.8. The first-order chi connectivity index (χ1) is 14.6. The summed E-state index contributed by atoms with van der Waals surface area (Å²) in [6.07, 6.45) is 6.62. The fourth-order valence-corrected chi connectivity index (χ4v) is 8.91. The van der Waals surface area contributed by atoms with Crippen LogP contribution in [0.4, 0.5) is 0 Å². The molecule has 0 bridgehead atoms. The molecule has 3 N–H and O–H groups in total. The van der Waals surface area contributed by atoms with Crippen LogP contribution in [0.2, 0.25) is 0 Å². The van der Waals surface area contributed by atoms with Crippen molar-refractivity contribution in [2.75, 3.05) is 6.61 Å². The molecule has 0 aromatic carbocycles. The van der Waals surface area contributed by atoms with Crippen molar-refractivity contribution >= 4 is 5.97 Å². The predicted molar refractivity (Wildman–Crippen MR) is 119 cm³/mol. The van der Waals surface area contributed by atoms with E-state index in [-0.39, 0.29) is 41.0 Å². The van der Waals surface area contributed by atoms with E-state index < -0.39 is 0 Å². The van der Waals surface area contributed by atoms with Gasteiger partial charge in [-0.1, -0.05) is 20.8 Å². The second kappa shape index (κ2) is 8.61. The molecule has 178 valence electrons. The van der Waals surface area contributed by atoms with Crippen LogP contribution >= 0.6 is 0 Å². The van der Waals surface area contributed by atoms with Gasteiger partial charge in [0.25, 0.3) is 0 Å². The molecule has 4 saturated carbocycles. The van der Waals surface area contributed by atoms with E-state index in [2.05, 4.69) is 20.8 Å². The molecule has 11 atom stereocenters. The zero-order valence-corrected chi connectivity index (χ0v) is 19.9. The van der Waals surface area contributed by atoms with Gasteiger partial charge in [0.2, 0.25) is 0 Å². The molecule has 4 aliphatic rings. The lowest BCUT2D eigenvalue weighted by atomic mass is 9.43. The van der Waals surface area contributed by atoms with E-state index in [1.54, 1.807) is 0 Å². The minimum absolute atomic E-state index is 0.110. The van der Waals surface area contributed by atoms with E-state index in [1.807, 2.05) is 6.92 Å². The zero-order valence-electron chi connectivity index (χ0n) is 19.9. The van der Waals surface area contributed by atoms with E-state index >= 15 is 0 Å². The van der Waals surface area contributed by atoms with Gasteiger partial charge in [0.15, 0.2) is 0 Å². The van der Waals surface area contributed by atoms with Crippen molar-refractivity contribution < 1.29 is 24.9 Å². The molecule has 0 aliphatic heterocycles. The molecule has 0 radical (unpaired) electrons. The molecular formula is C26H44O5. The SMILES string of the molecule is CCOC(=O)CC[C@H](C)[C@@H]1CC[C@@H]2[C@H]3[C@H](O)C[C@@H]4C[C@H](O)CC[C@]4(C)[C@H]3C[C@H](O)[C@@]21C. The number of esters is 1. The van der Waals surface area contributed by atoms with Gasteiger partial charge < -0.3 is 20.1 Å². The van der Waals surface area contributed by atoms with Gasteiger partial charge in [0.1, 0.15) is 0 Å². The molecule has 5 nitrogen and oxygen atoms in total. The highest BCUT2D eigenvalue weighted by Crippen LogP contribution is 2.68. The number of rotatable bonds is 5. The molecule has 0 spiro atoms. The summed E-state index contributed by atoms with van der Waals surface area (Å²) in [6.45, 7) is 9.13. The molecule has 0 unspecified atom stereocenters. The maximum atomic E-state index is 11.9. The summed E-state index contributed by atoms with van der Waals surface area (Å²) in [6, 6.07) is 0. The first kappa shape index (κ1) is 23.5. The molecule has 4 fully saturated rings. The van der Waals surface area contributed by atoms with Gasteiger partial charge in [0.05, 0.1) is 24.9 Å². The van der Waals surface area contributed by atoms with Crippen molar-refractivity contribution in [2.24, 2.45) is 46.3 Å². The van der Waals surface area contributed by atoms with Crippen LogP contribution in [0.15, 0.2) is 0 Å². The topological polar surface area (TPSA) is 87.0 Å². The van der Waals surface area contributed by atoms with E-state index in [1.165, 1.54) is 0 Å². The largest absolute Gasteiger partial charge is 0.466 e. The third-order valence-electron chi connectivity index (χ3n) is 10.6. The number of aliphatic hydroxyl groups excluding tert-OH is 3.